The Morgan fingerprint density at radius 3 is 3.00 bits per heavy atom. The first-order chi connectivity index (χ1) is 6.72. The van der Waals surface area contributed by atoms with Crippen molar-refractivity contribution in [2.75, 3.05) is 13.2 Å². The smallest absolute Gasteiger partial charge is 0.126 e. The molecule has 0 amide bonds. The Morgan fingerprint density at radius 2 is 2.29 bits per heavy atom. The fourth-order valence-corrected chi connectivity index (χ4v) is 1.63. The number of benzene rings is 1. The number of aliphatic hydroxyl groups excluding tert-OH is 1. The number of aliphatic hydroxyl groups is 1. The van der Waals surface area contributed by atoms with Gasteiger partial charge in [0.25, 0.3) is 0 Å². The third-order valence-electron chi connectivity index (χ3n) is 2.42. The predicted molar refractivity (Wildman–Crippen MR) is 51.3 cm³/mol. The lowest BCUT2D eigenvalue weighted by Crippen LogP contribution is -2.11. The van der Waals surface area contributed by atoms with Gasteiger partial charge in [-0.25, -0.2) is 0 Å². The van der Waals surface area contributed by atoms with Gasteiger partial charge in [0.15, 0.2) is 0 Å². The molecule has 1 heterocycles. The summed E-state index contributed by atoms with van der Waals surface area (Å²) in [6.45, 7) is 0.740. The lowest BCUT2D eigenvalue weighted by atomic mass is 10.0. The minimum Gasteiger partial charge on any atom is -0.507 e. The normalized spacial score (nSPS) is 16.1. The maximum atomic E-state index is 9.58. The number of ether oxygens (including phenoxy) is 1. The quantitative estimate of drug-likeness (QED) is 0.635. The molecule has 1 aliphatic rings. The van der Waals surface area contributed by atoms with Crippen LogP contribution in [0.1, 0.15) is 17.2 Å². The Labute approximate surface area is 81.9 Å². The SMILES string of the molecule is NCC(O)c1cc2c(cc1O)OCC2. The topological polar surface area (TPSA) is 75.7 Å². The molecule has 0 aromatic heterocycles. The minimum atomic E-state index is -0.805. The second-order valence-electron chi connectivity index (χ2n) is 3.37. The summed E-state index contributed by atoms with van der Waals surface area (Å²) in [4.78, 5) is 0. The van der Waals surface area contributed by atoms with E-state index in [-0.39, 0.29) is 12.3 Å². The molecular formula is C10H13NO3. The molecule has 0 spiro atoms. The monoisotopic (exact) mass is 195 g/mol. The second kappa shape index (κ2) is 3.48. The van der Waals surface area contributed by atoms with Crippen LogP contribution in [-0.2, 0) is 6.42 Å². The molecule has 4 heteroatoms. The van der Waals surface area contributed by atoms with Gasteiger partial charge in [0.05, 0.1) is 12.7 Å². The molecule has 0 saturated carbocycles. The molecule has 1 atom stereocenters. The van der Waals surface area contributed by atoms with E-state index in [1.807, 2.05) is 0 Å². The van der Waals surface area contributed by atoms with Crippen LogP contribution < -0.4 is 10.5 Å². The van der Waals surface area contributed by atoms with Crippen LogP contribution in [0.2, 0.25) is 0 Å². The molecule has 1 unspecified atom stereocenters. The van der Waals surface area contributed by atoms with E-state index >= 15 is 0 Å². The van der Waals surface area contributed by atoms with Gasteiger partial charge in [-0.15, -0.1) is 0 Å². The Hall–Kier alpha value is -1.26. The van der Waals surface area contributed by atoms with E-state index in [0.29, 0.717) is 17.9 Å². The molecule has 1 aromatic carbocycles. The standard InChI is InChI=1S/C10H13NO3/c11-5-9(13)7-3-6-1-2-14-10(6)4-8(7)12/h3-4,9,12-13H,1-2,5,11H2. The molecular weight excluding hydrogens is 182 g/mol. The summed E-state index contributed by atoms with van der Waals surface area (Å²) in [5, 5.41) is 19.1. The summed E-state index contributed by atoms with van der Waals surface area (Å²) in [6.07, 6.45) is 0.0146. The highest BCUT2D eigenvalue weighted by molar-refractivity contribution is 5.48. The number of hydrogen-bond donors (Lipinski definition) is 3. The molecule has 0 saturated heterocycles. The van der Waals surface area contributed by atoms with Crippen molar-refractivity contribution >= 4 is 0 Å². The lowest BCUT2D eigenvalue weighted by Gasteiger charge is -2.11. The highest BCUT2D eigenvalue weighted by Gasteiger charge is 2.18. The third kappa shape index (κ3) is 1.42. The van der Waals surface area contributed by atoms with Crippen LogP contribution in [0.25, 0.3) is 0 Å². The lowest BCUT2D eigenvalue weighted by molar-refractivity contribution is 0.182. The Morgan fingerprint density at radius 1 is 1.50 bits per heavy atom. The van der Waals surface area contributed by atoms with Gasteiger partial charge in [0, 0.05) is 24.6 Å². The van der Waals surface area contributed by atoms with E-state index in [0.717, 1.165) is 12.0 Å². The van der Waals surface area contributed by atoms with Crippen molar-refractivity contribution in [3.8, 4) is 11.5 Å². The maximum absolute atomic E-state index is 9.58. The number of aromatic hydroxyl groups is 1. The molecule has 0 radical (unpaired) electrons. The van der Waals surface area contributed by atoms with Crippen molar-refractivity contribution in [1.29, 1.82) is 0 Å². The summed E-state index contributed by atoms with van der Waals surface area (Å²) in [6, 6.07) is 3.30. The van der Waals surface area contributed by atoms with Crippen molar-refractivity contribution in [3.63, 3.8) is 0 Å². The first kappa shape index (κ1) is 9.30. The number of rotatable bonds is 2. The van der Waals surface area contributed by atoms with Crippen molar-refractivity contribution in [3.05, 3.63) is 23.3 Å². The molecule has 1 aliphatic heterocycles. The average Bonchev–Trinajstić information content (AvgIpc) is 2.62. The number of phenols is 1. The number of fused-ring (bicyclic) bond motifs is 1. The van der Waals surface area contributed by atoms with Crippen LogP contribution >= 0.6 is 0 Å². The Balaban J connectivity index is 2.42. The predicted octanol–water partition coefficient (Wildman–Crippen LogP) is 0.319. The van der Waals surface area contributed by atoms with E-state index in [2.05, 4.69) is 0 Å². The first-order valence-corrected chi connectivity index (χ1v) is 4.59. The van der Waals surface area contributed by atoms with Crippen LogP contribution in [0.5, 0.6) is 11.5 Å². The fraction of sp³-hybridized carbons (Fsp3) is 0.400. The van der Waals surface area contributed by atoms with E-state index in [1.54, 1.807) is 6.07 Å². The third-order valence-corrected chi connectivity index (χ3v) is 2.42. The summed E-state index contributed by atoms with van der Waals surface area (Å²) >= 11 is 0. The molecule has 0 bridgehead atoms. The van der Waals surface area contributed by atoms with Gasteiger partial charge in [-0.2, -0.15) is 0 Å². The van der Waals surface area contributed by atoms with E-state index in [4.69, 9.17) is 10.5 Å². The van der Waals surface area contributed by atoms with Crippen LogP contribution in [-0.4, -0.2) is 23.4 Å². The summed E-state index contributed by atoms with van der Waals surface area (Å²) in [5.74, 6) is 0.749. The fourth-order valence-electron chi connectivity index (χ4n) is 1.63. The van der Waals surface area contributed by atoms with Gasteiger partial charge in [0.1, 0.15) is 11.5 Å². The molecule has 0 fully saturated rings. The zero-order chi connectivity index (χ0) is 10.1. The number of phenolic OH excluding ortho intramolecular Hbond substituents is 1. The van der Waals surface area contributed by atoms with Gasteiger partial charge in [-0.05, 0) is 11.6 Å². The zero-order valence-electron chi connectivity index (χ0n) is 7.73. The highest BCUT2D eigenvalue weighted by atomic mass is 16.5. The van der Waals surface area contributed by atoms with Gasteiger partial charge in [0.2, 0.25) is 0 Å². The Kier molecular flexibility index (Phi) is 2.31. The summed E-state index contributed by atoms with van der Waals surface area (Å²) in [5.41, 5.74) is 6.83. The number of nitrogens with two attached hydrogens (primary N) is 1. The summed E-state index contributed by atoms with van der Waals surface area (Å²) < 4.78 is 5.27. The van der Waals surface area contributed by atoms with Crippen molar-refractivity contribution in [2.45, 2.75) is 12.5 Å². The largest absolute Gasteiger partial charge is 0.507 e. The molecule has 14 heavy (non-hydrogen) atoms. The summed E-state index contributed by atoms with van der Waals surface area (Å²) in [7, 11) is 0. The maximum Gasteiger partial charge on any atom is 0.126 e. The van der Waals surface area contributed by atoms with Crippen molar-refractivity contribution in [2.24, 2.45) is 5.73 Å². The second-order valence-corrected chi connectivity index (χ2v) is 3.37. The molecule has 4 nitrogen and oxygen atoms in total. The highest BCUT2D eigenvalue weighted by Crippen LogP contribution is 2.34. The number of hydrogen-bond acceptors (Lipinski definition) is 4. The van der Waals surface area contributed by atoms with E-state index < -0.39 is 6.10 Å². The van der Waals surface area contributed by atoms with Gasteiger partial charge < -0.3 is 20.7 Å². The van der Waals surface area contributed by atoms with Gasteiger partial charge >= 0.3 is 0 Å². The van der Waals surface area contributed by atoms with E-state index in [1.165, 1.54) is 6.07 Å². The van der Waals surface area contributed by atoms with Crippen LogP contribution in [0.4, 0.5) is 0 Å². The Bertz CT molecular complexity index is 351. The molecule has 0 aliphatic carbocycles. The minimum absolute atomic E-state index is 0.0450. The van der Waals surface area contributed by atoms with Gasteiger partial charge in [-0.3, -0.25) is 0 Å². The van der Waals surface area contributed by atoms with Crippen LogP contribution in [0, 0.1) is 0 Å². The average molecular weight is 195 g/mol. The van der Waals surface area contributed by atoms with Gasteiger partial charge in [-0.1, -0.05) is 0 Å². The van der Waals surface area contributed by atoms with Crippen LogP contribution in [0.15, 0.2) is 12.1 Å². The zero-order valence-corrected chi connectivity index (χ0v) is 7.73. The van der Waals surface area contributed by atoms with Crippen LogP contribution in [0.3, 0.4) is 0 Å². The van der Waals surface area contributed by atoms with Crippen molar-refractivity contribution < 1.29 is 14.9 Å². The first-order valence-electron chi connectivity index (χ1n) is 4.59. The molecule has 2 rings (SSSR count). The molecule has 1 aromatic rings. The van der Waals surface area contributed by atoms with E-state index in [9.17, 15) is 10.2 Å². The molecule has 4 N–H and O–H groups in total. The molecule has 76 valence electrons. The van der Waals surface area contributed by atoms with Crippen molar-refractivity contribution in [1.82, 2.24) is 0 Å².